The van der Waals surface area contributed by atoms with Crippen molar-refractivity contribution in [2.45, 2.75) is 27.2 Å². The first kappa shape index (κ1) is 12.6. The van der Waals surface area contributed by atoms with E-state index < -0.39 is 0 Å². The third kappa shape index (κ3) is 4.82. The first-order valence-corrected chi connectivity index (χ1v) is 5.34. The van der Waals surface area contributed by atoms with Gasteiger partial charge in [0.15, 0.2) is 0 Å². The van der Waals surface area contributed by atoms with Crippen LogP contribution in [0.15, 0.2) is 24.3 Å². The van der Waals surface area contributed by atoms with E-state index in [1.165, 1.54) is 0 Å². The molecule has 0 fully saturated rings. The molecule has 0 amide bonds. The Labute approximate surface area is 96.4 Å². The van der Waals surface area contributed by atoms with Crippen molar-refractivity contribution in [3.05, 3.63) is 24.3 Å². The van der Waals surface area contributed by atoms with Gasteiger partial charge in [-0.1, -0.05) is 20.8 Å². The Morgan fingerprint density at radius 2 is 1.69 bits per heavy atom. The zero-order valence-corrected chi connectivity index (χ0v) is 10.0. The lowest BCUT2D eigenvalue weighted by atomic mass is 9.93. The Hall–Kier alpha value is -1.51. The molecule has 0 radical (unpaired) electrons. The summed E-state index contributed by atoms with van der Waals surface area (Å²) in [7, 11) is 0. The summed E-state index contributed by atoms with van der Waals surface area (Å²) in [6.45, 7) is 7.64. The lowest BCUT2D eigenvalue weighted by Crippen LogP contribution is -2.11. The fourth-order valence-corrected chi connectivity index (χ4v) is 1.15. The highest BCUT2D eigenvalue weighted by atomic mass is 16.5. The summed E-state index contributed by atoms with van der Waals surface area (Å²) in [5.41, 5.74) is 0.278. The molecule has 0 bridgehead atoms. The van der Waals surface area contributed by atoms with Gasteiger partial charge in [0.2, 0.25) is 0 Å². The quantitative estimate of drug-likeness (QED) is 0.718. The number of benzene rings is 1. The standard InChI is InChI=1S/C13H18O3/c1-13(2,3)8-9-15-11-4-6-12(7-5-11)16-10-14/h4-7,10H,8-9H2,1-3H3. The summed E-state index contributed by atoms with van der Waals surface area (Å²) < 4.78 is 10.3. The maximum absolute atomic E-state index is 10.1. The summed E-state index contributed by atoms with van der Waals surface area (Å²) in [5.74, 6) is 1.32. The average Bonchev–Trinajstić information content (AvgIpc) is 2.19. The number of ether oxygens (including phenoxy) is 2. The SMILES string of the molecule is CC(C)(C)CCOc1ccc(OC=O)cc1. The molecule has 1 aromatic rings. The molecular weight excluding hydrogens is 204 g/mol. The minimum Gasteiger partial charge on any atom is -0.494 e. The molecule has 0 atom stereocenters. The monoisotopic (exact) mass is 222 g/mol. The lowest BCUT2D eigenvalue weighted by Gasteiger charge is -2.18. The van der Waals surface area contributed by atoms with E-state index in [9.17, 15) is 4.79 Å². The number of hydrogen-bond acceptors (Lipinski definition) is 3. The number of carbonyl (C=O) groups is 1. The smallest absolute Gasteiger partial charge is 0.298 e. The largest absolute Gasteiger partial charge is 0.494 e. The van der Waals surface area contributed by atoms with Gasteiger partial charge in [-0.2, -0.15) is 0 Å². The van der Waals surface area contributed by atoms with E-state index in [1.54, 1.807) is 24.3 Å². The fraction of sp³-hybridized carbons (Fsp3) is 0.462. The zero-order valence-electron chi connectivity index (χ0n) is 10.0. The Morgan fingerprint density at radius 3 is 2.19 bits per heavy atom. The molecule has 0 saturated carbocycles. The van der Waals surface area contributed by atoms with Gasteiger partial charge in [-0.15, -0.1) is 0 Å². The summed E-state index contributed by atoms with van der Waals surface area (Å²) in [6, 6.07) is 7.00. The fourth-order valence-electron chi connectivity index (χ4n) is 1.15. The van der Waals surface area contributed by atoms with Crippen molar-refractivity contribution in [2.75, 3.05) is 6.61 Å². The van der Waals surface area contributed by atoms with E-state index in [0.29, 0.717) is 18.8 Å². The Balaban J connectivity index is 2.40. The summed E-state index contributed by atoms with van der Waals surface area (Å²) in [4.78, 5) is 10.1. The van der Waals surface area contributed by atoms with Crippen LogP contribution in [0.5, 0.6) is 11.5 Å². The van der Waals surface area contributed by atoms with Gasteiger partial charge in [-0.05, 0) is 36.1 Å². The highest BCUT2D eigenvalue weighted by Gasteiger charge is 2.09. The predicted molar refractivity (Wildman–Crippen MR) is 62.7 cm³/mol. The van der Waals surface area contributed by atoms with E-state index in [1.807, 2.05) is 0 Å². The van der Waals surface area contributed by atoms with Crippen molar-refractivity contribution in [1.82, 2.24) is 0 Å². The predicted octanol–water partition coefficient (Wildman–Crippen LogP) is 3.04. The molecule has 0 aromatic heterocycles. The second kappa shape index (κ2) is 5.54. The van der Waals surface area contributed by atoms with Gasteiger partial charge in [0, 0.05) is 0 Å². The summed E-state index contributed by atoms with van der Waals surface area (Å²) in [6.07, 6.45) is 1.000. The second-order valence-corrected chi connectivity index (χ2v) is 4.84. The molecule has 1 aromatic carbocycles. The van der Waals surface area contributed by atoms with Crippen molar-refractivity contribution in [2.24, 2.45) is 5.41 Å². The van der Waals surface area contributed by atoms with E-state index in [2.05, 4.69) is 25.5 Å². The van der Waals surface area contributed by atoms with Gasteiger partial charge in [0.25, 0.3) is 6.47 Å². The van der Waals surface area contributed by atoms with Gasteiger partial charge >= 0.3 is 0 Å². The lowest BCUT2D eigenvalue weighted by molar-refractivity contribution is -0.120. The van der Waals surface area contributed by atoms with E-state index in [4.69, 9.17) is 4.74 Å². The van der Waals surface area contributed by atoms with Crippen LogP contribution in [0.25, 0.3) is 0 Å². The molecule has 88 valence electrons. The molecule has 3 nitrogen and oxygen atoms in total. The molecule has 0 heterocycles. The Kier molecular flexibility index (Phi) is 4.35. The third-order valence-corrected chi connectivity index (χ3v) is 2.13. The summed E-state index contributed by atoms with van der Waals surface area (Å²) in [5, 5.41) is 0. The Morgan fingerprint density at radius 1 is 1.12 bits per heavy atom. The number of rotatable bonds is 5. The van der Waals surface area contributed by atoms with Crippen LogP contribution in [-0.4, -0.2) is 13.1 Å². The Bertz CT molecular complexity index is 322. The van der Waals surface area contributed by atoms with Crippen LogP contribution < -0.4 is 9.47 Å². The van der Waals surface area contributed by atoms with Crippen LogP contribution in [0.3, 0.4) is 0 Å². The van der Waals surface area contributed by atoms with Gasteiger partial charge in [-0.3, -0.25) is 4.79 Å². The van der Waals surface area contributed by atoms with Crippen LogP contribution in [-0.2, 0) is 4.79 Å². The van der Waals surface area contributed by atoms with Crippen molar-refractivity contribution in [3.63, 3.8) is 0 Å². The molecule has 0 aliphatic rings. The van der Waals surface area contributed by atoms with Crippen molar-refractivity contribution >= 4 is 6.47 Å². The van der Waals surface area contributed by atoms with E-state index in [0.717, 1.165) is 12.2 Å². The molecule has 0 saturated heterocycles. The minimum atomic E-state index is 0.278. The summed E-state index contributed by atoms with van der Waals surface area (Å²) >= 11 is 0. The molecule has 0 N–H and O–H groups in total. The van der Waals surface area contributed by atoms with Gasteiger partial charge in [-0.25, -0.2) is 0 Å². The minimum absolute atomic E-state index is 0.278. The van der Waals surface area contributed by atoms with Crippen LogP contribution in [0, 0.1) is 5.41 Å². The van der Waals surface area contributed by atoms with Crippen LogP contribution in [0.4, 0.5) is 0 Å². The maximum Gasteiger partial charge on any atom is 0.298 e. The first-order chi connectivity index (χ1) is 7.51. The van der Waals surface area contributed by atoms with Crippen LogP contribution in [0.2, 0.25) is 0 Å². The maximum atomic E-state index is 10.1. The van der Waals surface area contributed by atoms with E-state index in [-0.39, 0.29) is 5.41 Å². The molecule has 0 unspecified atom stereocenters. The third-order valence-electron chi connectivity index (χ3n) is 2.13. The van der Waals surface area contributed by atoms with Crippen molar-refractivity contribution < 1.29 is 14.3 Å². The molecule has 0 aliphatic carbocycles. The first-order valence-electron chi connectivity index (χ1n) is 5.34. The zero-order chi connectivity index (χ0) is 12.0. The molecule has 16 heavy (non-hydrogen) atoms. The van der Waals surface area contributed by atoms with Gasteiger partial charge in [0.1, 0.15) is 11.5 Å². The highest BCUT2D eigenvalue weighted by molar-refractivity contribution is 5.45. The van der Waals surface area contributed by atoms with Crippen molar-refractivity contribution in [1.29, 1.82) is 0 Å². The van der Waals surface area contributed by atoms with Crippen LogP contribution in [0.1, 0.15) is 27.2 Å². The second-order valence-electron chi connectivity index (χ2n) is 4.84. The van der Waals surface area contributed by atoms with Gasteiger partial charge in [0.05, 0.1) is 6.61 Å². The van der Waals surface area contributed by atoms with E-state index >= 15 is 0 Å². The molecule has 3 heteroatoms. The van der Waals surface area contributed by atoms with Gasteiger partial charge < -0.3 is 9.47 Å². The molecule has 0 spiro atoms. The molecule has 0 aliphatic heterocycles. The molecular formula is C13H18O3. The normalized spacial score (nSPS) is 10.9. The number of hydrogen-bond donors (Lipinski definition) is 0. The number of carbonyl (C=O) groups excluding carboxylic acids is 1. The average molecular weight is 222 g/mol. The topological polar surface area (TPSA) is 35.5 Å². The highest BCUT2D eigenvalue weighted by Crippen LogP contribution is 2.21. The van der Waals surface area contributed by atoms with Crippen LogP contribution >= 0.6 is 0 Å². The molecule has 1 rings (SSSR count). The van der Waals surface area contributed by atoms with Crippen molar-refractivity contribution in [3.8, 4) is 11.5 Å².